The van der Waals surface area contributed by atoms with Crippen LogP contribution in [-0.4, -0.2) is 6.04 Å². The lowest BCUT2D eigenvalue weighted by Crippen LogP contribution is -2.21. The first kappa shape index (κ1) is 15.8. The lowest BCUT2D eigenvalue weighted by atomic mass is 10.0. The van der Waals surface area contributed by atoms with Gasteiger partial charge in [-0.2, -0.15) is 0 Å². The lowest BCUT2D eigenvalue weighted by Gasteiger charge is -2.11. The molecule has 0 bridgehead atoms. The van der Waals surface area contributed by atoms with Gasteiger partial charge in [-0.15, -0.1) is 0 Å². The number of halogens is 2. The molecule has 0 aliphatic carbocycles. The van der Waals surface area contributed by atoms with Crippen molar-refractivity contribution in [1.82, 2.24) is 0 Å². The molecule has 2 rings (SSSR count). The first-order valence-electron chi connectivity index (χ1n) is 6.99. The molecule has 0 aliphatic heterocycles. The van der Waals surface area contributed by atoms with Crippen LogP contribution in [0.1, 0.15) is 24.5 Å². The molecular formula is C17H19ClFNO. The molecule has 0 saturated carbocycles. The van der Waals surface area contributed by atoms with Crippen molar-refractivity contribution in [3.05, 3.63) is 64.4 Å². The van der Waals surface area contributed by atoms with E-state index in [0.717, 1.165) is 29.7 Å². The van der Waals surface area contributed by atoms with E-state index in [2.05, 4.69) is 6.92 Å². The van der Waals surface area contributed by atoms with Crippen LogP contribution in [0.5, 0.6) is 5.75 Å². The summed E-state index contributed by atoms with van der Waals surface area (Å²) >= 11 is 5.65. The Labute approximate surface area is 129 Å². The Balaban J connectivity index is 1.99. The summed E-state index contributed by atoms with van der Waals surface area (Å²) in [5.41, 5.74) is 7.84. The Bertz CT molecular complexity index is 603. The molecule has 2 nitrogen and oxygen atoms in total. The largest absolute Gasteiger partial charge is 0.489 e. The normalized spacial score (nSPS) is 12.2. The highest BCUT2D eigenvalue weighted by atomic mass is 35.5. The Morgan fingerprint density at radius 3 is 2.71 bits per heavy atom. The molecule has 21 heavy (non-hydrogen) atoms. The zero-order chi connectivity index (χ0) is 15.2. The van der Waals surface area contributed by atoms with Gasteiger partial charge in [0.15, 0.2) is 0 Å². The second kappa shape index (κ2) is 7.43. The van der Waals surface area contributed by atoms with E-state index < -0.39 is 5.82 Å². The number of nitrogens with two attached hydrogens (primary N) is 1. The summed E-state index contributed by atoms with van der Waals surface area (Å²) in [6.45, 7) is 2.37. The molecule has 0 radical (unpaired) electrons. The van der Waals surface area contributed by atoms with Gasteiger partial charge in [0.1, 0.15) is 18.2 Å². The summed E-state index contributed by atoms with van der Waals surface area (Å²) in [4.78, 5) is 0. The zero-order valence-corrected chi connectivity index (χ0v) is 12.7. The summed E-state index contributed by atoms with van der Waals surface area (Å²) in [6.07, 6.45) is 1.76. The van der Waals surface area contributed by atoms with Crippen LogP contribution < -0.4 is 10.5 Å². The standard InChI is InChI=1S/C17H19ClFNO/c1-2-14(20)8-12-4-3-5-15(9-12)21-11-13-6-7-16(18)17(19)10-13/h3-7,9-10,14H,2,8,11,20H2,1H3. The average Bonchev–Trinajstić information content (AvgIpc) is 2.49. The van der Waals surface area contributed by atoms with Gasteiger partial charge in [-0.25, -0.2) is 4.39 Å². The fourth-order valence-electron chi connectivity index (χ4n) is 2.01. The molecule has 0 amide bonds. The SMILES string of the molecule is CCC(N)Cc1cccc(OCc2ccc(Cl)c(F)c2)c1. The van der Waals surface area contributed by atoms with Crippen LogP contribution in [0.2, 0.25) is 5.02 Å². The minimum Gasteiger partial charge on any atom is -0.489 e. The second-order valence-corrected chi connectivity index (χ2v) is 5.46. The Morgan fingerprint density at radius 2 is 2.00 bits per heavy atom. The quantitative estimate of drug-likeness (QED) is 0.861. The van der Waals surface area contributed by atoms with E-state index in [-0.39, 0.29) is 11.1 Å². The predicted octanol–water partition coefficient (Wildman–Crippen LogP) is 4.34. The fraction of sp³-hybridized carbons (Fsp3) is 0.294. The lowest BCUT2D eigenvalue weighted by molar-refractivity contribution is 0.305. The van der Waals surface area contributed by atoms with E-state index in [9.17, 15) is 4.39 Å². The van der Waals surface area contributed by atoms with Crippen molar-refractivity contribution in [2.24, 2.45) is 5.73 Å². The number of benzene rings is 2. The van der Waals surface area contributed by atoms with Crippen molar-refractivity contribution >= 4 is 11.6 Å². The van der Waals surface area contributed by atoms with Gasteiger partial charge >= 0.3 is 0 Å². The van der Waals surface area contributed by atoms with Gasteiger partial charge in [0.25, 0.3) is 0 Å². The van der Waals surface area contributed by atoms with Gasteiger partial charge in [-0.3, -0.25) is 0 Å². The van der Waals surface area contributed by atoms with Crippen molar-refractivity contribution in [3.8, 4) is 5.75 Å². The van der Waals surface area contributed by atoms with E-state index in [1.165, 1.54) is 12.1 Å². The molecule has 0 fully saturated rings. The summed E-state index contributed by atoms with van der Waals surface area (Å²) in [5.74, 6) is 0.326. The van der Waals surface area contributed by atoms with Crippen LogP contribution in [0, 0.1) is 5.82 Å². The van der Waals surface area contributed by atoms with E-state index in [1.807, 2.05) is 24.3 Å². The molecule has 4 heteroatoms. The Hall–Kier alpha value is -1.58. The summed E-state index contributed by atoms with van der Waals surface area (Å²) < 4.78 is 19.0. The molecule has 0 aromatic heterocycles. The van der Waals surface area contributed by atoms with Gasteiger partial charge in [0.2, 0.25) is 0 Å². The number of rotatable bonds is 6. The second-order valence-electron chi connectivity index (χ2n) is 5.06. The summed E-state index contributed by atoms with van der Waals surface area (Å²) in [7, 11) is 0. The Kier molecular flexibility index (Phi) is 5.59. The van der Waals surface area contributed by atoms with Crippen LogP contribution in [0.4, 0.5) is 4.39 Å². The van der Waals surface area contributed by atoms with E-state index in [1.54, 1.807) is 6.07 Å². The van der Waals surface area contributed by atoms with Gasteiger partial charge in [0, 0.05) is 6.04 Å². The third kappa shape index (κ3) is 4.73. The maximum atomic E-state index is 13.4. The van der Waals surface area contributed by atoms with Crippen LogP contribution in [-0.2, 0) is 13.0 Å². The molecule has 112 valence electrons. The Morgan fingerprint density at radius 1 is 1.19 bits per heavy atom. The number of ether oxygens (including phenoxy) is 1. The first-order chi connectivity index (χ1) is 10.1. The molecule has 1 atom stereocenters. The molecule has 0 spiro atoms. The third-order valence-electron chi connectivity index (χ3n) is 3.31. The van der Waals surface area contributed by atoms with Crippen molar-refractivity contribution < 1.29 is 9.13 Å². The molecule has 0 saturated heterocycles. The van der Waals surface area contributed by atoms with Crippen LogP contribution in [0.3, 0.4) is 0 Å². The van der Waals surface area contributed by atoms with Crippen LogP contribution in [0.15, 0.2) is 42.5 Å². The highest BCUT2D eigenvalue weighted by molar-refractivity contribution is 6.30. The molecule has 2 aromatic rings. The van der Waals surface area contributed by atoms with E-state index >= 15 is 0 Å². The van der Waals surface area contributed by atoms with Crippen molar-refractivity contribution in [1.29, 1.82) is 0 Å². The van der Waals surface area contributed by atoms with E-state index in [4.69, 9.17) is 22.1 Å². The van der Waals surface area contributed by atoms with E-state index in [0.29, 0.717) is 6.61 Å². The molecule has 0 heterocycles. The highest BCUT2D eigenvalue weighted by Crippen LogP contribution is 2.19. The monoisotopic (exact) mass is 307 g/mol. The van der Waals surface area contributed by atoms with Crippen molar-refractivity contribution in [2.75, 3.05) is 0 Å². The van der Waals surface area contributed by atoms with Crippen LogP contribution >= 0.6 is 11.6 Å². The predicted molar refractivity (Wildman–Crippen MR) is 84.2 cm³/mol. The molecule has 2 N–H and O–H groups in total. The summed E-state index contributed by atoms with van der Waals surface area (Å²) in [6, 6.07) is 12.7. The maximum Gasteiger partial charge on any atom is 0.142 e. The smallest absolute Gasteiger partial charge is 0.142 e. The first-order valence-corrected chi connectivity index (χ1v) is 7.37. The number of hydrogen-bond acceptors (Lipinski definition) is 2. The summed E-state index contributed by atoms with van der Waals surface area (Å²) in [5, 5.41) is 0.120. The van der Waals surface area contributed by atoms with Crippen LogP contribution in [0.25, 0.3) is 0 Å². The van der Waals surface area contributed by atoms with Gasteiger partial charge in [0.05, 0.1) is 5.02 Å². The number of hydrogen-bond donors (Lipinski definition) is 1. The zero-order valence-electron chi connectivity index (χ0n) is 12.0. The minimum atomic E-state index is -0.430. The van der Waals surface area contributed by atoms with Gasteiger partial charge in [-0.05, 0) is 48.2 Å². The van der Waals surface area contributed by atoms with Gasteiger partial charge in [-0.1, -0.05) is 36.7 Å². The van der Waals surface area contributed by atoms with Gasteiger partial charge < -0.3 is 10.5 Å². The topological polar surface area (TPSA) is 35.2 Å². The molecular weight excluding hydrogens is 289 g/mol. The maximum absolute atomic E-state index is 13.4. The molecule has 1 unspecified atom stereocenters. The van der Waals surface area contributed by atoms with Crippen molar-refractivity contribution in [2.45, 2.75) is 32.4 Å². The highest BCUT2D eigenvalue weighted by Gasteiger charge is 2.04. The minimum absolute atomic E-state index is 0.120. The molecule has 0 aliphatic rings. The fourth-order valence-corrected chi connectivity index (χ4v) is 2.12. The third-order valence-corrected chi connectivity index (χ3v) is 3.62. The molecule has 2 aromatic carbocycles. The average molecular weight is 308 g/mol. The van der Waals surface area contributed by atoms with Crippen molar-refractivity contribution in [3.63, 3.8) is 0 Å².